The molecule has 0 aromatic rings. The zero-order valence-corrected chi connectivity index (χ0v) is 14.6. The van der Waals surface area contributed by atoms with Crippen molar-refractivity contribution in [3.8, 4) is 0 Å². The van der Waals surface area contributed by atoms with E-state index >= 15 is 0 Å². The number of nitrogens with zero attached hydrogens (tertiary/aromatic N) is 3. The van der Waals surface area contributed by atoms with E-state index in [2.05, 4.69) is 15.5 Å². The molecule has 0 saturated carbocycles. The molecule has 0 aliphatic carbocycles. The molecule has 3 rings (SSSR count). The Bertz CT molecular complexity index is 425. The lowest BCUT2D eigenvalue weighted by Crippen LogP contribution is -2.49. The van der Waals surface area contributed by atoms with Crippen molar-refractivity contribution in [3.63, 3.8) is 0 Å². The molecule has 0 aromatic heterocycles. The van der Waals surface area contributed by atoms with Gasteiger partial charge in [0.2, 0.25) is 5.91 Å². The number of likely N-dealkylation sites (tertiary alicyclic amines) is 2. The number of carbonyl (C=O) groups is 2. The molecule has 24 heavy (non-hydrogen) atoms. The van der Waals surface area contributed by atoms with E-state index in [1.807, 2.05) is 9.80 Å². The lowest BCUT2D eigenvalue weighted by molar-refractivity contribution is -0.126. The van der Waals surface area contributed by atoms with Gasteiger partial charge in [0.1, 0.15) is 0 Å². The van der Waals surface area contributed by atoms with Gasteiger partial charge >= 0.3 is 6.03 Å². The highest BCUT2D eigenvalue weighted by atomic mass is 16.2. The van der Waals surface area contributed by atoms with Gasteiger partial charge < -0.3 is 20.4 Å². The fourth-order valence-electron chi connectivity index (χ4n) is 3.86. The van der Waals surface area contributed by atoms with Crippen LogP contribution in [0.15, 0.2) is 0 Å². The summed E-state index contributed by atoms with van der Waals surface area (Å²) in [5.74, 6) is 0.231. The van der Waals surface area contributed by atoms with Crippen molar-refractivity contribution >= 4 is 11.9 Å². The Hall–Kier alpha value is -1.34. The lowest BCUT2D eigenvalue weighted by Gasteiger charge is -2.34. The van der Waals surface area contributed by atoms with E-state index in [1.165, 1.54) is 0 Å². The van der Waals surface area contributed by atoms with Crippen molar-refractivity contribution in [1.29, 1.82) is 0 Å². The van der Waals surface area contributed by atoms with Crippen LogP contribution in [0.4, 0.5) is 4.79 Å². The molecule has 3 heterocycles. The zero-order valence-electron chi connectivity index (χ0n) is 14.6. The molecule has 136 valence electrons. The molecule has 0 spiro atoms. The minimum Gasteiger partial charge on any atom is -0.355 e. The summed E-state index contributed by atoms with van der Waals surface area (Å²) >= 11 is 0. The number of hydrogen-bond acceptors (Lipinski definition) is 4. The van der Waals surface area contributed by atoms with Gasteiger partial charge in [-0.3, -0.25) is 9.69 Å². The van der Waals surface area contributed by atoms with Crippen LogP contribution in [0.2, 0.25) is 0 Å². The van der Waals surface area contributed by atoms with Crippen LogP contribution in [-0.4, -0.2) is 92.1 Å². The quantitative estimate of drug-likeness (QED) is 0.754. The van der Waals surface area contributed by atoms with E-state index in [4.69, 9.17) is 0 Å². The fourth-order valence-corrected chi connectivity index (χ4v) is 3.86. The third-order valence-electron chi connectivity index (χ3n) is 5.45. The number of piperazine rings is 1. The highest BCUT2D eigenvalue weighted by Gasteiger charge is 2.30. The van der Waals surface area contributed by atoms with Crippen molar-refractivity contribution in [1.82, 2.24) is 25.3 Å². The molecule has 0 bridgehead atoms. The molecule has 0 unspecified atom stereocenters. The Labute approximate surface area is 144 Å². The molecule has 7 heteroatoms. The predicted octanol–water partition coefficient (Wildman–Crippen LogP) is -0.0644. The summed E-state index contributed by atoms with van der Waals surface area (Å²) < 4.78 is 0. The Balaban J connectivity index is 1.33. The van der Waals surface area contributed by atoms with E-state index in [1.54, 1.807) is 0 Å². The van der Waals surface area contributed by atoms with Crippen LogP contribution < -0.4 is 10.6 Å². The summed E-state index contributed by atoms with van der Waals surface area (Å²) in [5, 5.41) is 6.42. The minimum atomic E-state index is 0.0654. The molecule has 3 aliphatic heterocycles. The van der Waals surface area contributed by atoms with Crippen molar-refractivity contribution in [2.24, 2.45) is 5.92 Å². The molecule has 0 atom stereocenters. The Morgan fingerprint density at radius 1 is 0.917 bits per heavy atom. The summed E-state index contributed by atoms with van der Waals surface area (Å²) in [6.07, 6.45) is 3.83. The van der Waals surface area contributed by atoms with Gasteiger partial charge in [-0.05, 0) is 25.7 Å². The zero-order chi connectivity index (χ0) is 16.8. The first kappa shape index (κ1) is 17.5. The maximum absolute atomic E-state index is 12.4. The van der Waals surface area contributed by atoms with Crippen LogP contribution in [0, 0.1) is 5.92 Å². The number of carbonyl (C=O) groups excluding carboxylic acids is 2. The van der Waals surface area contributed by atoms with Crippen molar-refractivity contribution in [2.75, 3.05) is 65.4 Å². The average molecular weight is 337 g/mol. The number of nitrogens with one attached hydrogen (secondary N) is 2. The standard InChI is InChI=1S/C17H31N5O2/c23-16(19-7-14-20-12-5-18-6-13-20)15-3-10-22(11-4-15)17(24)21-8-1-2-9-21/h15,18H,1-14H2,(H,19,23). The Kier molecular flexibility index (Phi) is 6.31. The summed E-state index contributed by atoms with van der Waals surface area (Å²) in [6, 6.07) is 0.171. The van der Waals surface area contributed by atoms with Crippen LogP contribution >= 0.6 is 0 Å². The summed E-state index contributed by atoms with van der Waals surface area (Å²) in [6.45, 7) is 9.08. The lowest BCUT2D eigenvalue weighted by atomic mass is 9.96. The third-order valence-corrected chi connectivity index (χ3v) is 5.45. The maximum Gasteiger partial charge on any atom is 0.319 e. The van der Waals surface area contributed by atoms with Crippen molar-refractivity contribution in [3.05, 3.63) is 0 Å². The van der Waals surface area contributed by atoms with Crippen molar-refractivity contribution in [2.45, 2.75) is 25.7 Å². The molecule has 0 radical (unpaired) electrons. The molecule has 0 aromatic carbocycles. The molecule has 3 aliphatic rings. The third kappa shape index (κ3) is 4.60. The molecule has 3 amide bonds. The van der Waals surface area contributed by atoms with E-state index in [0.29, 0.717) is 13.1 Å². The summed E-state index contributed by atoms with van der Waals surface area (Å²) in [4.78, 5) is 30.9. The maximum atomic E-state index is 12.4. The summed E-state index contributed by atoms with van der Waals surface area (Å²) in [5.41, 5.74) is 0. The number of amides is 3. The molecular formula is C17H31N5O2. The molecular weight excluding hydrogens is 306 g/mol. The Morgan fingerprint density at radius 2 is 1.54 bits per heavy atom. The van der Waals surface area contributed by atoms with Crippen LogP contribution in [0.1, 0.15) is 25.7 Å². The second-order valence-electron chi connectivity index (χ2n) is 7.12. The van der Waals surface area contributed by atoms with Gasteiger partial charge in [-0.25, -0.2) is 4.79 Å². The number of hydrogen-bond donors (Lipinski definition) is 2. The van der Waals surface area contributed by atoms with Crippen LogP contribution in [-0.2, 0) is 4.79 Å². The fraction of sp³-hybridized carbons (Fsp3) is 0.882. The molecule has 3 fully saturated rings. The van der Waals surface area contributed by atoms with Crippen LogP contribution in [0.3, 0.4) is 0 Å². The van der Waals surface area contributed by atoms with Gasteiger partial charge in [0.15, 0.2) is 0 Å². The first-order valence-corrected chi connectivity index (χ1v) is 9.48. The highest BCUT2D eigenvalue weighted by Crippen LogP contribution is 2.20. The van der Waals surface area contributed by atoms with E-state index < -0.39 is 0 Å². The Morgan fingerprint density at radius 3 is 2.21 bits per heavy atom. The minimum absolute atomic E-state index is 0.0654. The van der Waals surface area contributed by atoms with Gasteiger partial charge in [-0.2, -0.15) is 0 Å². The smallest absolute Gasteiger partial charge is 0.319 e. The normalized spacial score (nSPS) is 23.5. The highest BCUT2D eigenvalue weighted by molar-refractivity contribution is 5.79. The van der Waals surface area contributed by atoms with Gasteiger partial charge in [-0.15, -0.1) is 0 Å². The predicted molar refractivity (Wildman–Crippen MR) is 92.8 cm³/mol. The van der Waals surface area contributed by atoms with E-state index in [9.17, 15) is 9.59 Å². The summed E-state index contributed by atoms with van der Waals surface area (Å²) in [7, 11) is 0. The van der Waals surface area contributed by atoms with E-state index in [0.717, 1.165) is 78.0 Å². The number of rotatable bonds is 4. The second kappa shape index (κ2) is 8.67. The molecule has 7 nitrogen and oxygen atoms in total. The van der Waals surface area contributed by atoms with Crippen LogP contribution in [0.25, 0.3) is 0 Å². The van der Waals surface area contributed by atoms with Gasteiger partial charge in [0.25, 0.3) is 0 Å². The van der Waals surface area contributed by atoms with E-state index in [-0.39, 0.29) is 17.9 Å². The van der Waals surface area contributed by atoms with Gasteiger partial charge in [-0.1, -0.05) is 0 Å². The van der Waals surface area contributed by atoms with Crippen molar-refractivity contribution < 1.29 is 9.59 Å². The SMILES string of the molecule is O=C(NCCN1CCNCC1)C1CCN(C(=O)N2CCCC2)CC1. The number of urea groups is 1. The second-order valence-corrected chi connectivity index (χ2v) is 7.12. The largest absolute Gasteiger partial charge is 0.355 e. The van der Waals surface area contributed by atoms with Gasteiger partial charge in [0.05, 0.1) is 0 Å². The van der Waals surface area contributed by atoms with Gasteiger partial charge in [0, 0.05) is 71.4 Å². The average Bonchev–Trinajstić information content (AvgIpc) is 3.17. The van der Waals surface area contributed by atoms with Crippen LogP contribution in [0.5, 0.6) is 0 Å². The monoisotopic (exact) mass is 337 g/mol. The first-order valence-electron chi connectivity index (χ1n) is 9.48. The number of piperidine rings is 1. The molecule has 3 saturated heterocycles. The first-order chi connectivity index (χ1) is 11.7. The topological polar surface area (TPSA) is 67.9 Å². The molecule has 2 N–H and O–H groups in total.